The van der Waals surface area contributed by atoms with Crippen LogP contribution in [0.15, 0.2) is 12.2 Å². The summed E-state index contributed by atoms with van der Waals surface area (Å²) in [7, 11) is -4.66. The van der Waals surface area contributed by atoms with Crippen molar-refractivity contribution in [3.05, 3.63) is 12.2 Å². The zero-order chi connectivity index (χ0) is 11.6. The van der Waals surface area contributed by atoms with Gasteiger partial charge in [0.1, 0.15) is 0 Å². The molecule has 0 aliphatic heterocycles. The van der Waals surface area contributed by atoms with Crippen LogP contribution < -0.4 is 4.72 Å². The number of hydrogen-bond acceptors (Lipinski definition) is 3. The fraction of sp³-hybridized carbons (Fsp3) is 0.571. The lowest BCUT2D eigenvalue weighted by molar-refractivity contribution is -0.140. The van der Waals surface area contributed by atoms with E-state index in [9.17, 15) is 22.0 Å². The summed E-state index contributed by atoms with van der Waals surface area (Å²) in [5, 5.41) is 8.56. The van der Waals surface area contributed by atoms with Crippen LogP contribution in [-0.2, 0) is 14.8 Å². The third kappa shape index (κ3) is 2.96. The van der Waals surface area contributed by atoms with E-state index in [2.05, 4.69) is 0 Å². The Morgan fingerprint density at radius 3 is 2.47 bits per heavy atom. The summed E-state index contributed by atoms with van der Waals surface area (Å²) in [6, 6.07) is -0.870. The third-order valence-electron chi connectivity index (χ3n) is 1.95. The van der Waals surface area contributed by atoms with Gasteiger partial charge in [0.25, 0.3) is 10.0 Å². The minimum Gasteiger partial charge on any atom is -0.481 e. The molecule has 2 atom stereocenters. The molecule has 1 rings (SSSR count). The first-order valence-corrected chi connectivity index (χ1v) is 5.58. The largest absolute Gasteiger partial charge is 0.481 e. The molecule has 86 valence electrons. The summed E-state index contributed by atoms with van der Waals surface area (Å²) in [5.74, 6) is -5.44. The zero-order valence-corrected chi connectivity index (χ0v) is 8.25. The first-order valence-electron chi connectivity index (χ1n) is 4.03. The van der Waals surface area contributed by atoms with Gasteiger partial charge in [-0.2, -0.15) is 8.78 Å². The van der Waals surface area contributed by atoms with Crippen LogP contribution in [-0.4, -0.2) is 31.3 Å². The summed E-state index contributed by atoms with van der Waals surface area (Å²) in [6.07, 6.45) is 2.50. The Balaban J connectivity index is 2.59. The molecule has 2 N–H and O–H groups in total. The summed E-state index contributed by atoms with van der Waals surface area (Å²) in [4.78, 5) is 10.5. The second-order valence-electron chi connectivity index (χ2n) is 3.10. The van der Waals surface area contributed by atoms with Gasteiger partial charge in [-0.05, 0) is 6.42 Å². The molecule has 0 saturated heterocycles. The number of hydrogen-bond donors (Lipinski definition) is 2. The minimum absolute atomic E-state index is 0.0404. The van der Waals surface area contributed by atoms with Gasteiger partial charge in [-0.25, -0.2) is 13.1 Å². The van der Waals surface area contributed by atoms with E-state index < -0.39 is 33.7 Å². The topological polar surface area (TPSA) is 83.5 Å². The summed E-state index contributed by atoms with van der Waals surface area (Å²) >= 11 is 0. The van der Waals surface area contributed by atoms with Gasteiger partial charge in [0.15, 0.2) is 0 Å². The lowest BCUT2D eigenvalue weighted by Gasteiger charge is -2.11. The maximum atomic E-state index is 11.9. The Bertz CT molecular complexity index is 378. The van der Waals surface area contributed by atoms with E-state index in [0.717, 1.165) is 0 Å². The van der Waals surface area contributed by atoms with Gasteiger partial charge in [-0.3, -0.25) is 4.79 Å². The molecule has 0 aromatic carbocycles. The van der Waals surface area contributed by atoms with Gasteiger partial charge >= 0.3 is 11.7 Å². The van der Waals surface area contributed by atoms with Crippen LogP contribution in [0.2, 0.25) is 0 Å². The predicted molar refractivity (Wildman–Crippen MR) is 46.7 cm³/mol. The number of alkyl halides is 2. The number of rotatable bonds is 4. The number of halogens is 2. The fourth-order valence-electron chi connectivity index (χ4n) is 1.23. The van der Waals surface area contributed by atoms with Crippen LogP contribution in [0.5, 0.6) is 0 Å². The number of nitrogens with one attached hydrogen (secondary N) is 1. The Hall–Kier alpha value is -1.02. The molecule has 0 radical (unpaired) electrons. The first-order chi connectivity index (χ1) is 6.83. The van der Waals surface area contributed by atoms with Crippen molar-refractivity contribution in [3.8, 4) is 0 Å². The quantitative estimate of drug-likeness (QED) is 0.687. The molecule has 0 heterocycles. The van der Waals surface area contributed by atoms with Crippen molar-refractivity contribution in [2.75, 3.05) is 0 Å². The molecule has 8 heteroatoms. The summed E-state index contributed by atoms with van der Waals surface area (Å²) in [6.45, 7) is 0. The average molecular weight is 241 g/mol. The molecule has 5 nitrogen and oxygen atoms in total. The van der Waals surface area contributed by atoms with Crippen molar-refractivity contribution < 1.29 is 27.1 Å². The Morgan fingerprint density at radius 2 is 2.07 bits per heavy atom. The molecule has 0 bridgehead atoms. The van der Waals surface area contributed by atoms with Gasteiger partial charge in [0.2, 0.25) is 0 Å². The SMILES string of the molecule is O=C(O)C1C=CC(NS(=O)(=O)C(F)F)C1. The molecular formula is C7H9F2NO4S. The van der Waals surface area contributed by atoms with Crippen LogP contribution in [0.4, 0.5) is 8.78 Å². The Labute approximate surface area is 84.8 Å². The van der Waals surface area contributed by atoms with E-state index >= 15 is 0 Å². The second-order valence-corrected chi connectivity index (χ2v) is 4.78. The number of carboxylic acid groups (broad SMARTS) is 1. The van der Waals surface area contributed by atoms with Crippen molar-refractivity contribution in [2.45, 2.75) is 18.2 Å². The van der Waals surface area contributed by atoms with E-state index in [1.165, 1.54) is 12.2 Å². The molecule has 0 amide bonds. The smallest absolute Gasteiger partial charge is 0.350 e. The lowest BCUT2D eigenvalue weighted by atomic mass is 10.1. The van der Waals surface area contributed by atoms with E-state index in [1.54, 1.807) is 4.72 Å². The van der Waals surface area contributed by atoms with Gasteiger partial charge in [-0.1, -0.05) is 12.2 Å². The van der Waals surface area contributed by atoms with Gasteiger partial charge < -0.3 is 5.11 Å². The van der Waals surface area contributed by atoms with Crippen LogP contribution in [0.25, 0.3) is 0 Å². The number of carboxylic acids is 1. The normalized spacial score (nSPS) is 26.1. The second kappa shape index (κ2) is 4.23. The monoisotopic (exact) mass is 241 g/mol. The predicted octanol–water partition coefficient (Wildman–Crippen LogP) is 0.158. The van der Waals surface area contributed by atoms with Crippen LogP contribution in [0, 0.1) is 5.92 Å². The average Bonchev–Trinajstić information content (AvgIpc) is 2.51. The maximum absolute atomic E-state index is 11.9. The highest BCUT2D eigenvalue weighted by atomic mass is 32.2. The summed E-state index contributed by atoms with van der Waals surface area (Å²) in [5.41, 5.74) is 0. The number of aliphatic carboxylic acids is 1. The molecule has 0 aromatic rings. The van der Waals surface area contributed by atoms with Crippen LogP contribution >= 0.6 is 0 Å². The molecular weight excluding hydrogens is 232 g/mol. The van der Waals surface area contributed by atoms with E-state index in [1.807, 2.05) is 0 Å². The number of carbonyl (C=O) groups is 1. The van der Waals surface area contributed by atoms with E-state index in [4.69, 9.17) is 5.11 Å². The third-order valence-corrected chi connectivity index (χ3v) is 3.05. The molecule has 0 saturated carbocycles. The highest BCUT2D eigenvalue weighted by Gasteiger charge is 2.31. The molecule has 15 heavy (non-hydrogen) atoms. The van der Waals surface area contributed by atoms with Crippen LogP contribution in [0.1, 0.15) is 6.42 Å². The van der Waals surface area contributed by atoms with E-state index in [0.29, 0.717) is 0 Å². The van der Waals surface area contributed by atoms with Crippen molar-refractivity contribution in [1.82, 2.24) is 4.72 Å². The van der Waals surface area contributed by atoms with Crippen molar-refractivity contribution in [2.24, 2.45) is 5.92 Å². The molecule has 1 aliphatic rings. The first kappa shape index (κ1) is 12.1. The Kier molecular flexibility index (Phi) is 3.40. The lowest BCUT2D eigenvalue weighted by Crippen LogP contribution is -2.36. The fourth-order valence-corrected chi connectivity index (χ4v) is 1.93. The highest BCUT2D eigenvalue weighted by molar-refractivity contribution is 7.89. The summed E-state index contributed by atoms with van der Waals surface area (Å²) < 4.78 is 47.0. The van der Waals surface area contributed by atoms with Gasteiger partial charge in [0, 0.05) is 6.04 Å². The molecule has 2 unspecified atom stereocenters. The maximum Gasteiger partial charge on any atom is 0.350 e. The van der Waals surface area contributed by atoms with Crippen LogP contribution in [0.3, 0.4) is 0 Å². The van der Waals surface area contributed by atoms with E-state index in [-0.39, 0.29) is 6.42 Å². The highest BCUT2D eigenvalue weighted by Crippen LogP contribution is 2.19. The molecule has 0 spiro atoms. The molecule has 0 fully saturated rings. The van der Waals surface area contributed by atoms with Crippen molar-refractivity contribution in [1.29, 1.82) is 0 Å². The van der Waals surface area contributed by atoms with Crippen molar-refractivity contribution in [3.63, 3.8) is 0 Å². The Morgan fingerprint density at radius 1 is 1.47 bits per heavy atom. The zero-order valence-electron chi connectivity index (χ0n) is 7.43. The van der Waals surface area contributed by atoms with Gasteiger partial charge in [-0.15, -0.1) is 0 Å². The number of sulfonamides is 1. The van der Waals surface area contributed by atoms with Crippen molar-refractivity contribution >= 4 is 16.0 Å². The van der Waals surface area contributed by atoms with Gasteiger partial charge in [0.05, 0.1) is 5.92 Å². The molecule has 0 aromatic heterocycles. The molecule has 1 aliphatic carbocycles. The standard InChI is InChI=1S/C7H9F2NO4S/c8-7(9)15(13,14)10-5-2-1-4(3-5)6(11)12/h1-2,4-5,7,10H,3H2,(H,11,12). The minimum atomic E-state index is -4.66.